The van der Waals surface area contributed by atoms with Crippen LogP contribution in [0.25, 0.3) is 44.6 Å². The zero-order chi connectivity index (χ0) is 21.4. The van der Waals surface area contributed by atoms with E-state index in [4.69, 9.17) is 0 Å². The summed E-state index contributed by atoms with van der Waals surface area (Å²) in [6.45, 7) is 7.29. The van der Waals surface area contributed by atoms with Gasteiger partial charge in [-0.1, -0.05) is 0 Å². The van der Waals surface area contributed by atoms with E-state index in [1.54, 1.807) is 24.9 Å². The number of aliphatic imine (C=N–C) groups is 2. The van der Waals surface area contributed by atoms with Gasteiger partial charge in [-0.2, -0.15) is 5.10 Å². The lowest BCUT2D eigenvalue weighted by Gasteiger charge is -2.01. The molecular formula is C22H19N9. The number of nitrogens with one attached hydrogen (secondary N) is 2. The van der Waals surface area contributed by atoms with Crippen LogP contribution in [0.1, 0.15) is 18.3 Å². The van der Waals surface area contributed by atoms with Gasteiger partial charge < -0.3 is 4.98 Å². The molecule has 0 atom stereocenters. The highest BCUT2D eigenvalue weighted by molar-refractivity contribution is 5.97. The predicted molar refractivity (Wildman–Crippen MR) is 123 cm³/mol. The van der Waals surface area contributed by atoms with Gasteiger partial charge in [0, 0.05) is 29.4 Å². The summed E-state index contributed by atoms with van der Waals surface area (Å²) in [6.07, 6.45) is 10.4. The molecule has 0 radical (unpaired) electrons. The molecule has 5 aromatic heterocycles. The minimum Gasteiger partial charge on any atom is -0.353 e. The number of imidazole rings is 1. The summed E-state index contributed by atoms with van der Waals surface area (Å²) in [4.78, 5) is 24.5. The van der Waals surface area contributed by atoms with Gasteiger partial charge in [0.15, 0.2) is 0 Å². The lowest BCUT2D eigenvalue weighted by atomic mass is 10.1. The Hall–Kier alpha value is -4.40. The Balaban J connectivity index is 1.62. The van der Waals surface area contributed by atoms with Crippen LogP contribution in [0.3, 0.4) is 0 Å². The molecule has 0 aromatic carbocycles. The Morgan fingerprint density at radius 1 is 1.16 bits per heavy atom. The highest BCUT2D eigenvalue weighted by Crippen LogP contribution is 2.31. The van der Waals surface area contributed by atoms with E-state index < -0.39 is 0 Å². The first-order chi connectivity index (χ1) is 15.1. The van der Waals surface area contributed by atoms with Crippen molar-refractivity contribution < 1.29 is 0 Å². The Kier molecular flexibility index (Phi) is 4.47. The van der Waals surface area contributed by atoms with Crippen LogP contribution in [0.5, 0.6) is 0 Å². The van der Waals surface area contributed by atoms with Crippen molar-refractivity contribution >= 4 is 40.4 Å². The number of hydrogen-bond donors (Lipinski definition) is 2. The summed E-state index contributed by atoms with van der Waals surface area (Å²) in [5, 5.41) is 9.55. The van der Waals surface area contributed by atoms with E-state index in [0.717, 1.165) is 56.0 Å². The Bertz CT molecular complexity index is 1480. The van der Waals surface area contributed by atoms with E-state index in [1.165, 1.54) is 6.34 Å². The van der Waals surface area contributed by atoms with Gasteiger partial charge in [-0.25, -0.2) is 15.0 Å². The maximum Gasteiger partial charge on any atom is 0.147 e. The average Bonchev–Trinajstić information content (AvgIpc) is 3.50. The number of nitrogens with zero attached hydrogens (tertiary/aromatic N) is 7. The molecule has 31 heavy (non-hydrogen) atoms. The molecular weight excluding hydrogens is 390 g/mol. The standard InChI is InChI=1S/C22H19N9/c1-13(8-24-11-23-3)18-6-15-20(9-26-18)29-30-21(15)19-7-16-17(28-19)4-5-25-22(16)31-10-14(2)27-12-31/h4-12,28H,3H2,1-2H3,(H,29,30)/b13-8+,24-11-. The summed E-state index contributed by atoms with van der Waals surface area (Å²) < 4.78 is 1.92. The summed E-state index contributed by atoms with van der Waals surface area (Å²) in [5.74, 6) is 0.815. The molecule has 9 nitrogen and oxygen atoms in total. The van der Waals surface area contributed by atoms with Gasteiger partial charge in [-0.05, 0) is 44.3 Å². The second-order valence-corrected chi connectivity index (χ2v) is 7.15. The normalized spacial score (nSPS) is 12.4. The number of rotatable bonds is 5. The van der Waals surface area contributed by atoms with Crippen molar-refractivity contribution in [2.45, 2.75) is 13.8 Å². The van der Waals surface area contributed by atoms with E-state index >= 15 is 0 Å². The van der Waals surface area contributed by atoms with Crippen molar-refractivity contribution in [3.63, 3.8) is 0 Å². The lowest BCUT2D eigenvalue weighted by Crippen LogP contribution is -1.94. The van der Waals surface area contributed by atoms with Gasteiger partial charge >= 0.3 is 0 Å². The summed E-state index contributed by atoms with van der Waals surface area (Å²) in [6, 6.07) is 6.01. The molecule has 5 rings (SSSR count). The van der Waals surface area contributed by atoms with E-state index in [9.17, 15) is 0 Å². The fraction of sp³-hybridized carbons (Fsp3) is 0.0909. The van der Waals surface area contributed by atoms with Crippen molar-refractivity contribution in [1.82, 2.24) is 34.7 Å². The van der Waals surface area contributed by atoms with Crippen LogP contribution in [0, 0.1) is 6.92 Å². The number of aromatic nitrogens is 7. The molecule has 2 N–H and O–H groups in total. The smallest absolute Gasteiger partial charge is 0.147 e. The summed E-state index contributed by atoms with van der Waals surface area (Å²) in [5.41, 5.74) is 6.18. The molecule has 0 bridgehead atoms. The maximum absolute atomic E-state index is 4.55. The number of pyridine rings is 2. The van der Waals surface area contributed by atoms with Crippen molar-refractivity contribution in [2.24, 2.45) is 9.98 Å². The Morgan fingerprint density at radius 2 is 2.06 bits per heavy atom. The fourth-order valence-electron chi connectivity index (χ4n) is 3.51. The Morgan fingerprint density at radius 3 is 2.87 bits per heavy atom. The zero-order valence-corrected chi connectivity index (χ0v) is 17.0. The van der Waals surface area contributed by atoms with Gasteiger partial charge in [-0.15, -0.1) is 0 Å². The number of aryl methyl sites for hydroxylation is 1. The van der Waals surface area contributed by atoms with Crippen LogP contribution in [-0.2, 0) is 0 Å². The zero-order valence-electron chi connectivity index (χ0n) is 17.0. The van der Waals surface area contributed by atoms with Crippen LogP contribution < -0.4 is 0 Å². The predicted octanol–water partition coefficient (Wildman–Crippen LogP) is 4.09. The van der Waals surface area contributed by atoms with Crippen LogP contribution in [0.4, 0.5) is 0 Å². The SMILES string of the molecule is C=N/C=N\C=C(/C)c1cc2c(-c3cc4c(-n5cnc(C)c5)nccc4[nH]3)n[nH]c2cn1. The highest BCUT2D eigenvalue weighted by atomic mass is 15.1. The largest absolute Gasteiger partial charge is 0.353 e. The molecule has 0 aliphatic heterocycles. The molecule has 0 saturated carbocycles. The minimum atomic E-state index is 0.809. The van der Waals surface area contributed by atoms with E-state index in [-0.39, 0.29) is 0 Å². The molecule has 5 aromatic rings. The van der Waals surface area contributed by atoms with Crippen molar-refractivity contribution in [1.29, 1.82) is 0 Å². The molecule has 5 heterocycles. The first-order valence-corrected chi connectivity index (χ1v) is 9.62. The monoisotopic (exact) mass is 409 g/mol. The van der Waals surface area contributed by atoms with Gasteiger partial charge in [0.2, 0.25) is 0 Å². The van der Waals surface area contributed by atoms with Crippen LogP contribution >= 0.6 is 0 Å². The third-order valence-corrected chi connectivity index (χ3v) is 5.01. The molecule has 0 unspecified atom stereocenters. The number of allylic oxidation sites excluding steroid dienone is 1. The molecule has 0 amide bonds. The number of fused-ring (bicyclic) bond motifs is 2. The molecule has 0 fully saturated rings. The van der Waals surface area contributed by atoms with Crippen molar-refractivity contribution in [3.8, 4) is 17.2 Å². The first kappa shape index (κ1) is 18.6. The molecule has 9 heteroatoms. The number of H-pyrrole nitrogens is 2. The second kappa shape index (κ2) is 7.45. The van der Waals surface area contributed by atoms with Gasteiger partial charge in [0.1, 0.15) is 24.2 Å². The minimum absolute atomic E-state index is 0.809. The summed E-state index contributed by atoms with van der Waals surface area (Å²) >= 11 is 0. The molecule has 152 valence electrons. The number of hydrogen-bond acceptors (Lipinski definition) is 5. The van der Waals surface area contributed by atoms with Crippen LogP contribution in [0.2, 0.25) is 0 Å². The topological polar surface area (TPSA) is 113 Å². The second-order valence-electron chi connectivity index (χ2n) is 7.15. The van der Waals surface area contributed by atoms with Crippen LogP contribution in [-0.4, -0.2) is 47.8 Å². The van der Waals surface area contributed by atoms with Crippen molar-refractivity contribution in [3.05, 3.63) is 60.7 Å². The molecule has 0 aliphatic carbocycles. The van der Waals surface area contributed by atoms with Crippen LogP contribution in [0.15, 0.2) is 59.3 Å². The van der Waals surface area contributed by atoms with Gasteiger partial charge in [0.25, 0.3) is 0 Å². The Labute approximate surface area is 177 Å². The van der Waals surface area contributed by atoms with Crippen molar-refractivity contribution in [2.75, 3.05) is 0 Å². The molecule has 0 spiro atoms. The molecule has 0 aliphatic rings. The van der Waals surface area contributed by atoms with Gasteiger partial charge in [0.05, 0.1) is 34.3 Å². The van der Waals surface area contributed by atoms with Gasteiger partial charge in [-0.3, -0.25) is 19.6 Å². The quantitative estimate of drug-likeness (QED) is 0.336. The van der Waals surface area contributed by atoms with E-state index in [0.29, 0.717) is 0 Å². The number of aromatic amines is 2. The first-order valence-electron chi connectivity index (χ1n) is 9.62. The third kappa shape index (κ3) is 3.31. The molecule has 0 saturated heterocycles. The summed E-state index contributed by atoms with van der Waals surface area (Å²) in [7, 11) is 0. The fourth-order valence-corrected chi connectivity index (χ4v) is 3.51. The maximum atomic E-state index is 4.55. The van der Waals surface area contributed by atoms with E-state index in [2.05, 4.69) is 52.9 Å². The highest BCUT2D eigenvalue weighted by Gasteiger charge is 2.15. The lowest BCUT2D eigenvalue weighted by molar-refractivity contribution is 1.01. The average molecular weight is 409 g/mol. The third-order valence-electron chi connectivity index (χ3n) is 5.01. The van der Waals surface area contributed by atoms with E-state index in [1.807, 2.05) is 36.7 Å².